The number of benzene rings is 1. The molecule has 1 aromatic heterocycles. The number of rotatable bonds is 4. The third-order valence-electron chi connectivity index (χ3n) is 2.12. The van der Waals surface area contributed by atoms with Gasteiger partial charge in [0.25, 0.3) is 5.89 Å². The molecule has 0 aliphatic heterocycles. The van der Waals surface area contributed by atoms with Gasteiger partial charge in [0.15, 0.2) is 5.82 Å². The van der Waals surface area contributed by atoms with Crippen molar-refractivity contribution in [3.63, 3.8) is 0 Å². The monoisotopic (exact) mass is 234 g/mol. The second-order valence-electron chi connectivity index (χ2n) is 3.46. The number of nitrogens with zero attached hydrogens (tertiary/aromatic N) is 2. The first kappa shape index (κ1) is 11.1. The van der Waals surface area contributed by atoms with Crippen molar-refractivity contribution in [2.24, 2.45) is 0 Å². The number of aryl methyl sites for hydroxylation is 1. The van der Waals surface area contributed by atoms with Crippen molar-refractivity contribution in [2.45, 2.75) is 12.8 Å². The number of carbonyl (C=O) groups is 1. The SMILES string of the molecule is O=C(O)CCc1noc(-c2cccc(O)c2)n1. The van der Waals surface area contributed by atoms with E-state index in [9.17, 15) is 9.90 Å². The van der Waals surface area contributed by atoms with E-state index < -0.39 is 5.97 Å². The maximum atomic E-state index is 10.4. The second kappa shape index (κ2) is 4.65. The van der Waals surface area contributed by atoms with Crippen LogP contribution in [0.25, 0.3) is 11.5 Å². The minimum atomic E-state index is -0.909. The summed E-state index contributed by atoms with van der Waals surface area (Å²) in [6, 6.07) is 6.40. The van der Waals surface area contributed by atoms with E-state index in [0.717, 1.165) is 0 Å². The Bertz CT molecular complexity index is 536. The molecule has 0 atom stereocenters. The molecule has 0 spiro atoms. The molecule has 2 N–H and O–H groups in total. The molecule has 6 nitrogen and oxygen atoms in total. The van der Waals surface area contributed by atoms with Crippen LogP contribution in [-0.4, -0.2) is 26.3 Å². The van der Waals surface area contributed by atoms with Crippen molar-refractivity contribution in [1.82, 2.24) is 10.1 Å². The van der Waals surface area contributed by atoms with E-state index in [4.69, 9.17) is 9.63 Å². The minimum absolute atomic E-state index is 0.0426. The third kappa shape index (κ3) is 2.81. The van der Waals surface area contributed by atoms with Crippen LogP contribution < -0.4 is 0 Å². The van der Waals surface area contributed by atoms with Gasteiger partial charge in [-0.3, -0.25) is 4.79 Å². The van der Waals surface area contributed by atoms with Crippen LogP contribution in [0.1, 0.15) is 12.2 Å². The summed E-state index contributed by atoms with van der Waals surface area (Å²) in [7, 11) is 0. The summed E-state index contributed by atoms with van der Waals surface area (Å²) in [5.74, 6) is -0.200. The summed E-state index contributed by atoms with van der Waals surface area (Å²) in [4.78, 5) is 14.4. The van der Waals surface area contributed by atoms with Crippen LogP contribution in [0.2, 0.25) is 0 Å². The van der Waals surface area contributed by atoms with Gasteiger partial charge in [0.1, 0.15) is 5.75 Å². The Balaban J connectivity index is 2.15. The van der Waals surface area contributed by atoms with Gasteiger partial charge in [0, 0.05) is 12.0 Å². The molecule has 0 radical (unpaired) electrons. The lowest BCUT2D eigenvalue weighted by Gasteiger charge is -1.94. The van der Waals surface area contributed by atoms with E-state index in [1.54, 1.807) is 12.1 Å². The lowest BCUT2D eigenvalue weighted by atomic mass is 10.2. The van der Waals surface area contributed by atoms with Crippen LogP contribution >= 0.6 is 0 Å². The predicted octanol–water partition coefficient (Wildman–Crippen LogP) is 1.46. The van der Waals surface area contributed by atoms with Gasteiger partial charge in [0.2, 0.25) is 0 Å². The van der Waals surface area contributed by atoms with Crippen LogP contribution in [0.4, 0.5) is 0 Å². The van der Waals surface area contributed by atoms with Crippen LogP contribution in [0.3, 0.4) is 0 Å². The highest BCUT2D eigenvalue weighted by Crippen LogP contribution is 2.21. The number of carboxylic acid groups (broad SMARTS) is 1. The number of carboxylic acids is 1. The molecule has 0 fully saturated rings. The fourth-order valence-electron chi connectivity index (χ4n) is 1.33. The molecule has 2 rings (SSSR count). The van der Waals surface area contributed by atoms with Gasteiger partial charge in [-0.2, -0.15) is 4.98 Å². The van der Waals surface area contributed by atoms with Gasteiger partial charge in [-0.05, 0) is 18.2 Å². The highest BCUT2D eigenvalue weighted by atomic mass is 16.5. The van der Waals surface area contributed by atoms with Crippen LogP contribution in [-0.2, 0) is 11.2 Å². The molecule has 0 saturated heterocycles. The molecule has 1 heterocycles. The maximum absolute atomic E-state index is 10.4. The van der Waals surface area contributed by atoms with E-state index in [0.29, 0.717) is 11.4 Å². The van der Waals surface area contributed by atoms with E-state index >= 15 is 0 Å². The number of hydrogen-bond acceptors (Lipinski definition) is 5. The summed E-state index contributed by atoms with van der Waals surface area (Å²) >= 11 is 0. The zero-order chi connectivity index (χ0) is 12.3. The minimum Gasteiger partial charge on any atom is -0.508 e. The first-order valence-corrected chi connectivity index (χ1v) is 4.99. The molecular formula is C11H10N2O4. The third-order valence-corrected chi connectivity index (χ3v) is 2.12. The Morgan fingerprint density at radius 2 is 2.24 bits per heavy atom. The summed E-state index contributed by atoms with van der Waals surface area (Å²) in [6.07, 6.45) is 0.177. The number of phenolic OH excluding ortho intramolecular Hbond substituents is 1. The maximum Gasteiger partial charge on any atom is 0.303 e. The lowest BCUT2D eigenvalue weighted by Crippen LogP contribution is -1.98. The molecule has 17 heavy (non-hydrogen) atoms. The Labute approximate surface area is 96.5 Å². The second-order valence-corrected chi connectivity index (χ2v) is 3.46. The van der Waals surface area contributed by atoms with Gasteiger partial charge in [-0.25, -0.2) is 0 Å². The number of phenols is 1. The van der Waals surface area contributed by atoms with Gasteiger partial charge in [-0.15, -0.1) is 0 Å². The molecule has 0 saturated carbocycles. The number of aromatic hydroxyl groups is 1. The fraction of sp³-hybridized carbons (Fsp3) is 0.182. The quantitative estimate of drug-likeness (QED) is 0.831. The van der Waals surface area contributed by atoms with Crippen molar-refractivity contribution in [1.29, 1.82) is 0 Å². The molecule has 88 valence electrons. The molecule has 0 unspecified atom stereocenters. The van der Waals surface area contributed by atoms with E-state index in [1.165, 1.54) is 12.1 Å². The summed E-state index contributed by atoms with van der Waals surface area (Å²) in [6.45, 7) is 0. The number of aliphatic carboxylic acids is 1. The van der Waals surface area contributed by atoms with Crippen LogP contribution in [0.15, 0.2) is 28.8 Å². The van der Waals surface area contributed by atoms with Gasteiger partial charge in [0.05, 0.1) is 6.42 Å². The molecule has 0 amide bonds. The molecule has 0 aliphatic rings. The van der Waals surface area contributed by atoms with E-state index in [1.807, 2.05) is 0 Å². The summed E-state index contributed by atoms with van der Waals surface area (Å²) in [5.41, 5.74) is 0.596. The topological polar surface area (TPSA) is 96.5 Å². The van der Waals surface area contributed by atoms with Crippen molar-refractivity contribution in [3.05, 3.63) is 30.1 Å². The van der Waals surface area contributed by atoms with Gasteiger partial charge < -0.3 is 14.7 Å². The van der Waals surface area contributed by atoms with Gasteiger partial charge >= 0.3 is 5.97 Å². The zero-order valence-corrected chi connectivity index (χ0v) is 8.83. The summed E-state index contributed by atoms with van der Waals surface area (Å²) in [5, 5.41) is 21.5. The van der Waals surface area contributed by atoms with Crippen LogP contribution in [0, 0.1) is 0 Å². The molecule has 0 bridgehead atoms. The number of aromatic nitrogens is 2. The molecule has 1 aromatic carbocycles. The first-order chi connectivity index (χ1) is 8.15. The average molecular weight is 234 g/mol. The normalized spacial score (nSPS) is 10.4. The Morgan fingerprint density at radius 3 is 2.94 bits per heavy atom. The van der Waals surface area contributed by atoms with Crippen molar-refractivity contribution >= 4 is 5.97 Å². The zero-order valence-electron chi connectivity index (χ0n) is 8.83. The summed E-state index contributed by atoms with van der Waals surface area (Å²) < 4.78 is 4.97. The van der Waals surface area contributed by atoms with Crippen molar-refractivity contribution in [3.8, 4) is 17.2 Å². The standard InChI is InChI=1S/C11H10N2O4/c14-8-3-1-2-7(6-8)11-12-9(13-17-11)4-5-10(15)16/h1-3,6,14H,4-5H2,(H,15,16). The van der Waals surface area contributed by atoms with Crippen molar-refractivity contribution in [2.75, 3.05) is 0 Å². The first-order valence-electron chi connectivity index (χ1n) is 4.99. The Morgan fingerprint density at radius 1 is 1.41 bits per heavy atom. The van der Waals surface area contributed by atoms with Crippen LogP contribution in [0.5, 0.6) is 5.75 Å². The predicted molar refractivity (Wildman–Crippen MR) is 57.4 cm³/mol. The van der Waals surface area contributed by atoms with E-state index in [2.05, 4.69) is 10.1 Å². The van der Waals surface area contributed by atoms with E-state index in [-0.39, 0.29) is 24.5 Å². The van der Waals surface area contributed by atoms with Gasteiger partial charge in [-0.1, -0.05) is 11.2 Å². The highest BCUT2D eigenvalue weighted by molar-refractivity contribution is 5.66. The average Bonchev–Trinajstić information content (AvgIpc) is 2.75. The molecule has 2 aromatic rings. The Hall–Kier alpha value is -2.37. The lowest BCUT2D eigenvalue weighted by molar-refractivity contribution is -0.137. The largest absolute Gasteiger partial charge is 0.508 e. The highest BCUT2D eigenvalue weighted by Gasteiger charge is 2.10. The number of hydrogen-bond donors (Lipinski definition) is 2. The Kier molecular flexibility index (Phi) is 3.04. The smallest absolute Gasteiger partial charge is 0.303 e. The van der Waals surface area contributed by atoms with Crippen molar-refractivity contribution < 1.29 is 19.5 Å². The molecular weight excluding hydrogens is 224 g/mol. The molecule has 0 aliphatic carbocycles. The molecule has 6 heteroatoms. The fourth-order valence-corrected chi connectivity index (χ4v) is 1.33.